The molecule has 0 atom stereocenters. The summed E-state index contributed by atoms with van der Waals surface area (Å²) in [4.78, 5) is 22.9. The molecular formula is C15H12INO3. The molecule has 4 nitrogen and oxygen atoms in total. The predicted octanol–water partition coefficient (Wildman–Crippen LogP) is 2.92. The van der Waals surface area contributed by atoms with Gasteiger partial charge in [0.05, 0.1) is 11.1 Å². The molecule has 0 fully saturated rings. The number of carbonyl (C=O) groups excluding carboxylic acids is 1. The maximum atomic E-state index is 12.0. The second kappa shape index (κ2) is 6.51. The van der Waals surface area contributed by atoms with Gasteiger partial charge in [0.25, 0.3) is 5.91 Å². The van der Waals surface area contributed by atoms with Crippen LogP contribution in [-0.2, 0) is 6.54 Å². The average Bonchev–Trinajstić information content (AvgIpc) is 2.45. The van der Waals surface area contributed by atoms with Crippen molar-refractivity contribution >= 4 is 34.5 Å². The number of aromatic carboxylic acids is 1. The summed E-state index contributed by atoms with van der Waals surface area (Å²) in [6.45, 7) is 0.297. The lowest BCUT2D eigenvalue weighted by Crippen LogP contribution is -2.23. The lowest BCUT2D eigenvalue weighted by atomic mass is 10.1. The van der Waals surface area contributed by atoms with Crippen LogP contribution in [0.15, 0.2) is 48.5 Å². The second-order valence-corrected chi connectivity index (χ2v) is 5.33. The Bertz CT molecular complexity index is 655. The Morgan fingerprint density at radius 1 is 1.10 bits per heavy atom. The normalized spacial score (nSPS) is 10.1. The molecule has 1 amide bonds. The average molecular weight is 381 g/mol. The van der Waals surface area contributed by atoms with Crippen LogP contribution in [0.1, 0.15) is 26.3 Å². The molecule has 0 aromatic heterocycles. The third kappa shape index (κ3) is 3.57. The summed E-state index contributed by atoms with van der Waals surface area (Å²) in [5, 5.41) is 11.7. The Labute approximate surface area is 130 Å². The van der Waals surface area contributed by atoms with Crippen LogP contribution in [-0.4, -0.2) is 17.0 Å². The topological polar surface area (TPSA) is 66.4 Å². The van der Waals surface area contributed by atoms with Crippen LogP contribution < -0.4 is 5.32 Å². The fraction of sp³-hybridized carbons (Fsp3) is 0.0667. The molecule has 5 heteroatoms. The fourth-order valence-corrected chi connectivity index (χ4v) is 2.37. The minimum absolute atomic E-state index is 0.171. The van der Waals surface area contributed by atoms with E-state index >= 15 is 0 Å². The highest BCUT2D eigenvalue weighted by molar-refractivity contribution is 14.1. The van der Waals surface area contributed by atoms with Crippen molar-refractivity contribution in [3.63, 3.8) is 0 Å². The van der Waals surface area contributed by atoms with E-state index in [9.17, 15) is 9.59 Å². The van der Waals surface area contributed by atoms with E-state index in [1.54, 1.807) is 24.3 Å². The van der Waals surface area contributed by atoms with Gasteiger partial charge in [-0.25, -0.2) is 4.79 Å². The number of hydrogen-bond acceptors (Lipinski definition) is 2. The highest BCUT2D eigenvalue weighted by atomic mass is 127. The van der Waals surface area contributed by atoms with Gasteiger partial charge in [0, 0.05) is 10.1 Å². The summed E-state index contributed by atoms with van der Waals surface area (Å²) < 4.78 is 0.877. The Balaban J connectivity index is 2.06. The number of amides is 1. The lowest BCUT2D eigenvalue weighted by molar-refractivity contribution is 0.0696. The standard InChI is InChI=1S/C15H12INO3/c16-13-7-2-1-6-12(13)14(18)17-9-10-4-3-5-11(8-10)15(19)20/h1-8H,9H2,(H,17,18)(H,19,20). The zero-order valence-corrected chi connectivity index (χ0v) is 12.6. The SMILES string of the molecule is O=C(O)c1cccc(CNC(=O)c2ccccc2I)c1. The minimum atomic E-state index is -0.976. The van der Waals surface area contributed by atoms with Crippen LogP contribution in [0.4, 0.5) is 0 Å². The summed E-state index contributed by atoms with van der Waals surface area (Å²) in [6.07, 6.45) is 0. The summed E-state index contributed by atoms with van der Waals surface area (Å²) in [5.41, 5.74) is 1.58. The Morgan fingerprint density at radius 2 is 1.85 bits per heavy atom. The number of nitrogens with one attached hydrogen (secondary N) is 1. The highest BCUT2D eigenvalue weighted by Crippen LogP contribution is 2.11. The molecule has 0 unspecified atom stereocenters. The van der Waals surface area contributed by atoms with Gasteiger partial charge in [-0.3, -0.25) is 4.79 Å². The maximum absolute atomic E-state index is 12.0. The molecule has 0 saturated carbocycles. The van der Waals surface area contributed by atoms with Gasteiger partial charge in [-0.2, -0.15) is 0 Å². The predicted molar refractivity (Wildman–Crippen MR) is 83.7 cm³/mol. The first-order valence-electron chi connectivity index (χ1n) is 5.93. The van der Waals surface area contributed by atoms with Crippen molar-refractivity contribution in [1.29, 1.82) is 0 Å². The third-order valence-electron chi connectivity index (χ3n) is 2.75. The van der Waals surface area contributed by atoms with Crippen LogP contribution in [0.3, 0.4) is 0 Å². The molecule has 0 radical (unpaired) electrons. The van der Waals surface area contributed by atoms with E-state index in [1.807, 2.05) is 18.2 Å². The quantitative estimate of drug-likeness (QED) is 0.801. The molecule has 20 heavy (non-hydrogen) atoms. The van der Waals surface area contributed by atoms with Crippen molar-refractivity contribution in [3.05, 3.63) is 68.8 Å². The lowest BCUT2D eigenvalue weighted by Gasteiger charge is -2.07. The van der Waals surface area contributed by atoms with Gasteiger partial charge in [-0.05, 0) is 52.4 Å². The second-order valence-electron chi connectivity index (χ2n) is 4.17. The molecule has 2 aromatic rings. The third-order valence-corrected chi connectivity index (χ3v) is 3.69. The smallest absolute Gasteiger partial charge is 0.335 e. The number of carbonyl (C=O) groups is 2. The van der Waals surface area contributed by atoms with Crippen molar-refractivity contribution in [1.82, 2.24) is 5.32 Å². The van der Waals surface area contributed by atoms with Gasteiger partial charge >= 0.3 is 5.97 Å². The van der Waals surface area contributed by atoms with E-state index < -0.39 is 5.97 Å². The van der Waals surface area contributed by atoms with Crippen molar-refractivity contribution in [2.24, 2.45) is 0 Å². The van der Waals surface area contributed by atoms with Crippen molar-refractivity contribution in [2.75, 3.05) is 0 Å². The van der Waals surface area contributed by atoms with E-state index in [0.29, 0.717) is 12.1 Å². The molecular weight excluding hydrogens is 369 g/mol. The van der Waals surface area contributed by atoms with Gasteiger partial charge in [0.15, 0.2) is 0 Å². The number of benzene rings is 2. The van der Waals surface area contributed by atoms with Crippen LogP contribution in [0.25, 0.3) is 0 Å². The Hall–Kier alpha value is -1.89. The number of halogens is 1. The Kier molecular flexibility index (Phi) is 4.73. The molecule has 0 spiro atoms. The summed E-state index contributed by atoms with van der Waals surface area (Å²) >= 11 is 2.11. The van der Waals surface area contributed by atoms with Gasteiger partial charge in [-0.1, -0.05) is 24.3 Å². The molecule has 0 saturated heterocycles. The number of rotatable bonds is 4. The van der Waals surface area contributed by atoms with E-state index in [4.69, 9.17) is 5.11 Å². The first kappa shape index (κ1) is 14.5. The molecule has 0 aliphatic carbocycles. The van der Waals surface area contributed by atoms with E-state index in [-0.39, 0.29) is 11.5 Å². The Morgan fingerprint density at radius 3 is 2.55 bits per heavy atom. The molecule has 2 aromatic carbocycles. The monoisotopic (exact) mass is 381 g/mol. The molecule has 2 rings (SSSR count). The largest absolute Gasteiger partial charge is 0.478 e. The van der Waals surface area contributed by atoms with Gasteiger partial charge in [0.1, 0.15) is 0 Å². The zero-order chi connectivity index (χ0) is 14.5. The molecule has 2 N–H and O–H groups in total. The highest BCUT2D eigenvalue weighted by Gasteiger charge is 2.09. The van der Waals surface area contributed by atoms with Gasteiger partial charge in [-0.15, -0.1) is 0 Å². The van der Waals surface area contributed by atoms with Crippen LogP contribution >= 0.6 is 22.6 Å². The molecule has 0 bridgehead atoms. The van der Waals surface area contributed by atoms with Crippen molar-refractivity contribution in [2.45, 2.75) is 6.54 Å². The minimum Gasteiger partial charge on any atom is -0.478 e. The van der Waals surface area contributed by atoms with Crippen molar-refractivity contribution < 1.29 is 14.7 Å². The molecule has 102 valence electrons. The molecule has 0 aliphatic heterocycles. The van der Waals surface area contributed by atoms with Gasteiger partial charge in [0.2, 0.25) is 0 Å². The zero-order valence-electron chi connectivity index (χ0n) is 10.5. The fourth-order valence-electron chi connectivity index (χ4n) is 1.74. The van der Waals surface area contributed by atoms with E-state index in [1.165, 1.54) is 6.07 Å². The van der Waals surface area contributed by atoms with Crippen LogP contribution in [0.5, 0.6) is 0 Å². The number of carboxylic acid groups (broad SMARTS) is 1. The van der Waals surface area contributed by atoms with E-state index in [2.05, 4.69) is 27.9 Å². The first-order valence-corrected chi connectivity index (χ1v) is 7.01. The summed E-state index contributed by atoms with van der Waals surface area (Å²) in [7, 11) is 0. The summed E-state index contributed by atoms with van der Waals surface area (Å²) in [5.74, 6) is -1.15. The summed E-state index contributed by atoms with van der Waals surface area (Å²) in [6, 6.07) is 13.8. The van der Waals surface area contributed by atoms with Gasteiger partial charge < -0.3 is 10.4 Å². The molecule has 0 heterocycles. The molecule has 0 aliphatic rings. The van der Waals surface area contributed by atoms with Crippen LogP contribution in [0, 0.1) is 3.57 Å². The van der Waals surface area contributed by atoms with E-state index in [0.717, 1.165) is 9.13 Å². The number of hydrogen-bond donors (Lipinski definition) is 2. The van der Waals surface area contributed by atoms with Crippen molar-refractivity contribution in [3.8, 4) is 0 Å². The number of carboxylic acids is 1. The van der Waals surface area contributed by atoms with Crippen LogP contribution in [0.2, 0.25) is 0 Å². The first-order chi connectivity index (χ1) is 9.58. The maximum Gasteiger partial charge on any atom is 0.335 e.